The SMILES string of the molecule is CC(=O)NC1CCN(C(=O)c2cc(Cl)cc(Br)c2)CC1. The predicted octanol–water partition coefficient (Wildman–Crippen LogP) is 2.84. The summed E-state index contributed by atoms with van der Waals surface area (Å²) in [5, 5.41) is 3.43. The van der Waals surface area contributed by atoms with E-state index in [-0.39, 0.29) is 17.9 Å². The van der Waals surface area contributed by atoms with Gasteiger partial charge in [0.1, 0.15) is 0 Å². The van der Waals surface area contributed by atoms with Crippen molar-refractivity contribution >= 4 is 39.3 Å². The first kappa shape index (κ1) is 15.3. The Balaban J connectivity index is 1.99. The Morgan fingerprint density at radius 2 is 1.95 bits per heavy atom. The summed E-state index contributed by atoms with van der Waals surface area (Å²) < 4.78 is 0.793. The fourth-order valence-electron chi connectivity index (χ4n) is 2.37. The van der Waals surface area contributed by atoms with E-state index in [0.717, 1.165) is 17.3 Å². The Morgan fingerprint density at radius 1 is 1.30 bits per heavy atom. The largest absolute Gasteiger partial charge is 0.353 e. The molecule has 1 saturated heterocycles. The van der Waals surface area contributed by atoms with Crippen molar-refractivity contribution < 1.29 is 9.59 Å². The molecule has 1 aromatic carbocycles. The van der Waals surface area contributed by atoms with Crippen molar-refractivity contribution in [1.82, 2.24) is 10.2 Å². The maximum absolute atomic E-state index is 12.4. The quantitative estimate of drug-likeness (QED) is 0.883. The van der Waals surface area contributed by atoms with Gasteiger partial charge < -0.3 is 10.2 Å². The van der Waals surface area contributed by atoms with Crippen LogP contribution in [0.1, 0.15) is 30.1 Å². The van der Waals surface area contributed by atoms with Crippen LogP contribution in [0.2, 0.25) is 5.02 Å². The molecule has 1 aliphatic heterocycles. The van der Waals surface area contributed by atoms with Gasteiger partial charge in [0.25, 0.3) is 5.91 Å². The van der Waals surface area contributed by atoms with Crippen molar-refractivity contribution in [3.63, 3.8) is 0 Å². The van der Waals surface area contributed by atoms with E-state index < -0.39 is 0 Å². The Kier molecular flexibility index (Phi) is 5.05. The molecule has 0 atom stereocenters. The first-order valence-electron chi connectivity index (χ1n) is 6.48. The van der Waals surface area contributed by atoms with E-state index in [9.17, 15) is 9.59 Å². The molecule has 6 heteroatoms. The molecule has 1 heterocycles. The second kappa shape index (κ2) is 6.59. The van der Waals surface area contributed by atoms with E-state index in [1.807, 2.05) is 0 Å². The minimum absolute atomic E-state index is 0.0190. The van der Waals surface area contributed by atoms with Gasteiger partial charge in [0.15, 0.2) is 0 Å². The van der Waals surface area contributed by atoms with Gasteiger partial charge in [0.05, 0.1) is 0 Å². The molecular formula is C14H16BrClN2O2. The third-order valence-corrected chi connectivity index (χ3v) is 3.98. The molecule has 0 saturated carbocycles. The lowest BCUT2D eigenvalue weighted by molar-refractivity contribution is -0.119. The van der Waals surface area contributed by atoms with Gasteiger partial charge in [0, 0.05) is 41.1 Å². The van der Waals surface area contributed by atoms with Crippen molar-refractivity contribution in [3.05, 3.63) is 33.3 Å². The van der Waals surface area contributed by atoms with E-state index >= 15 is 0 Å². The summed E-state index contributed by atoms with van der Waals surface area (Å²) in [6.45, 7) is 2.81. The molecule has 0 spiro atoms. The van der Waals surface area contributed by atoms with Gasteiger partial charge in [-0.3, -0.25) is 9.59 Å². The predicted molar refractivity (Wildman–Crippen MR) is 81.9 cm³/mol. The van der Waals surface area contributed by atoms with Crippen LogP contribution >= 0.6 is 27.5 Å². The Bertz CT molecular complexity index is 508. The molecule has 0 aromatic heterocycles. The highest BCUT2D eigenvalue weighted by Crippen LogP contribution is 2.22. The second-order valence-corrected chi connectivity index (χ2v) is 6.28. The topological polar surface area (TPSA) is 49.4 Å². The molecule has 1 aromatic rings. The van der Waals surface area contributed by atoms with Gasteiger partial charge in [-0.25, -0.2) is 0 Å². The van der Waals surface area contributed by atoms with E-state index in [1.54, 1.807) is 23.1 Å². The summed E-state index contributed by atoms with van der Waals surface area (Å²) >= 11 is 9.30. The van der Waals surface area contributed by atoms with Gasteiger partial charge >= 0.3 is 0 Å². The third kappa shape index (κ3) is 3.96. The fraction of sp³-hybridized carbons (Fsp3) is 0.429. The fourth-order valence-corrected chi connectivity index (χ4v) is 3.23. The Morgan fingerprint density at radius 3 is 2.50 bits per heavy atom. The maximum Gasteiger partial charge on any atom is 0.253 e. The lowest BCUT2D eigenvalue weighted by Crippen LogP contribution is -2.46. The highest BCUT2D eigenvalue weighted by atomic mass is 79.9. The number of benzene rings is 1. The summed E-state index contributed by atoms with van der Waals surface area (Å²) in [4.78, 5) is 25.2. The zero-order valence-electron chi connectivity index (χ0n) is 11.2. The average Bonchev–Trinajstić information content (AvgIpc) is 2.37. The van der Waals surface area contributed by atoms with E-state index in [1.165, 1.54) is 6.92 Å². The summed E-state index contributed by atoms with van der Waals surface area (Å²) in [6, 6.07) is 5.37. The van der Waals surface area contributed by atoms with Crippen LogP contribution in [0, 0.1) is 0 Å². The van der Waals surface area contributed by atoms with E-state index in [2.05, 4.69) is 21.2 Å². The van der Waals surface area contributed by atoms with Crippen molar-refractivity contribution in [2.24, 2.45) is 0 Å². The molecule has 0 aliphatic carbocycles. The molecule has 1 N–H and O–H groups in total. The van der Waals surface area contributed by atoms with E-state index in [0.29, 0.717) is 23.7 Å². The minimum atomic E-state index is -0.0199. The molecule has 108 valence electrons. The monoisotopic (exact) mass is 358 g/mol. The highest BCUT2D eigenvalue weighted by Gasteiger charge is 2.24. The molecular weight excluding hydrogens is 344 g/mol. The van der Waals surface area contributed by atoms with Crippen LogP contribution in [-0.2, 0) is 4.79 Å². The first-order valence-corrected chi connectivity index (χ1v) is 7.65. The zero-order valence-corrected chi connectivity index (χ0v) is 13.5. The van der Waals surface area contributed by atoms with Crippen molar-refractivity contribution in [1.29, 1.82) is 0 Å². The number of piperidine rings is 1. The van der Waals surface area contributed by atoms with Crippen LogP contribution < -0.4 is 5.32 Å². The lowest BCUT2D eigenvalue weighted by Gasteiger charge is -2.32. The Hall–Kier alpha value is -1.07. The standard InChI is InChI=1S/C14H16BrClN2O2/c1-9(19)17-13-2-4-18(5-3-13)14(20)10-6-11(15)8-12(16)7-10/h6-8,13H,2-5H2,1H3,(H,17,19). The van der Waals surface area contributed by atoms with Gasteiger partial charge in [-0.2, -0.15) is 0 Å². The smallest absolute Gasteiger partial charge is 0.253 e. The van der Waals surface area contributed by atoms with Crippen molar-refractivity contribution in [3.8, 4) is 0 Å². The number of hydrogen-bond donors (Lipinski definition) is 1. The summed E-state index contributed by atoms with van der Waals surface area (Å²) in [5.74, 6) is -0.0389. The average molecular weight is 360 g/mol. The number of nitrogens with zero attached hydrogens (tertiary/aromatic N) is 1. The first-order chi connectivity index (χ1) is 9.45. The molecule has 20 heavy (non-hydrogen) atoms. The molecule has 0 unspecified atom stereocenters. The normalized spacial score (nSPS) is 16.1. The van der Waals surface area contributed by atoms with Crippen LogP contribution in [-0.4, -0.2) is 35.8 Å². The molecule has 2 rings (SSSR count). The lowest BCUT2D eigenvalue weighted by atomic mass is 10.0. The Labute approximate surface area is 131 Å². The van der Waals surface area contributed by atoms with Gasteiger partial charge in [-0.1, -0.05) is 27.5 Å². The van der Waals surface area contributed by atoms with Crippen LogP contribution in [0.3, 0.4) is 0 Å². The molecule has 1 aliphatic rings. The molecule has 1 fully saturated rings. The van der Waals surface area contributed by atoms with Gasteiger partial charge in [-0.15, -0.1) is 0 Å². The molecule has 0 bridgehead atoms. The van der Waals surface area contributed by atoms with Crippen LogP contribution in [0.15, 0.2) is 22.7 Å². The van der Waals surface area contributed by atoms with Gasteiger partial charge in [-0.05, 0) is 31.0 Å². The molecule has 4 nitrogen and oxygen atoms in total. The summed E-state index contributed by atoms with van der Waals surface area (Å²) in [6.07, 6.45) is 1.57. The molecule has 0 radical (unpaired) electrons. The van der Waals surface area contributed by atoms with Crippen LogP contribution in [0.5, 0.6) is 0 Å². The number of hydrogen-bond acceptors (Lipinski definition) is 2. The van der Waals surface area contributed by atoms with Crippen molar-refractivity contribution in [2.45, 2.75) is 25.8 Å². The van der Waals surface area contributed by atoms with Gasteiger partial charge in [0.2, 0.25) is 5.91 Å². The number of likely N-dealkylation sites (tertiary alicyclic amines) is 1. The highest BCUT2D eigenvalue weighted by molar-refractivity contribution is 9.10. The second-order valence-electron chi connectivity index (χ2n) is 4.93. The number of rotatable bonds is 2. The summed E-state index contributed by atoms with van der Waals surface area (Å²) in [7, 11) is 0. The summed E-state index contributed by atoms with van der Waals surface area (Å²) in [5.41, 5.74) is 0.586. The number of carbonyl (C=O) groups excluding carboxylic acids is 2. The van der Waals surface area contributed by atoms with Crippen molar-refractivity contribution in [2.75, 3.05) is 13.1 Å². The number of halogens is 2. The minimum Gasteiger partial charge on any atom is -0.353 e. The van der Waals surface area contributed by atoms with Crippen LogP contribution in [0.4, 0.5) is 0 Å². The third-order valence-electron chi connectivity index (χ3n) is 3.30. The number of carbonyl (C=O) groups is 2. The van der Waals surface area contributed by atoms with E-state index in [4.69, 9.17) is 11.6 Å². The maximum atomic E-state index is 12.4. The zero-order chi connectivity index (χ0) is 14.7. The molecule has 2 amide bonds. The van der Waals surface area contributed by atoms with Crippen LogP contribution in [0.25, 0.3) is 0 Å². The number of amides is 2. The number of nitrogens with one attached hydrogen (secondary N) is 1.